The molecule has 5 nitrogen and oxygen atoms in total. The molecule has 0 saturated heterocycles. The van der Waals surface area contributed by atoms with Crippen molar-refractivity contribution >= 4 is 74.0 Å². The molecule has 0 radical (unpaired) electrons. The SMILES string of the molecule is CCOP(=S)(OCC)Oc1c(Br)cc(Br)cc1P(=S)(OCC)OCC. The molecule has 0 heterocycles. The van der Waals surface area contributed by atoms with Crippen molar-refractivity contribution in [3.8, 4) is 5.75 Å². The number of halogens is 2. The summed E-state index contributed by atoms with van der Waals surface area (Å²) in [5.74, 6) is 0.443. The second kappa shape index (κ2) is 11.2. The van der Waals surface area contributed by atoms with Gasteiger partial charge >= 0.3 is 6.72 Å². The minimum absolute atomic E-state index is 0.381. The maximum atomic E-state index is 6.05. The van der Waals surface area contributed by atoms with Crippen LogP contribution in [0.15, 0.2) is 21.1 Å². The van der Waals surface area contributed by atoms with Gasteiger partial charge in [-0.15, -0.1) is 0 Å². The second-order valence-electron chi connectivity index (χ2n) is 4.44. The van der Waals surface area contributed by atoms with E-state index in [1.54, 1.807) is 0 Å². The Hall–Kier alpha value is 1.12. The smallest absolute Gasteiger partial charge is 0.380 e. The Morgan fingerprint density at radius 1 is 0.840 bits per heavy atom. The summed E-state index contributed by atoms with van der Waals surface area (Å²) in [6, 6.07) is 3.68. The molecule has 0 aliphatic rings. The molecule has 0 atom stereocenters. The summed E-state index contributed by atoms with van der Waals surface area (Å²) in [5, 5.41) is 0.626. The number of rotatable bonds is 11. The van der Waals surface area contributed by atoms with E-state index in [4.69, 9.17) is 46.2 Å². The number of hydrogen-bond acceptors (Lipinski definition) is 7. The Balaban J connectivity index is 3.49. The van der Waals surface area contributed by atoms with Gasteiger partial charge in [0.05, 0.1) is 36.2 Å². The first-order chi connectivity index (χ1) is 11.7. The minimum atomic E-state index is -2.97. The van der Waals surface area contributed by atoms with Crippen LogP contribution >= 0.6 is 45.1 Å². The summed E-state index contributed by atoms with van der Waals surface area (Å²) in [5.41, 5.74) is 0. The van der Waals surface area contributed by atoms with E-state index < -0.39 is 13.2 Å². The van der Waals surface area contributed by atoms with Crippen LogP contribution in [-0.2, 0) is 41.7 Å². The highest BCUT2D eigenvalue weighted by Crippen LogP contribution is 2.56. The molecule has 0 bridgehead atoms. The first kappa shape index (κ1) is 24.2. The second-order valence-corrected chi connectivity index (χ2v) is 12.6. The van der Waals surface area contributed by atoms with E-state index in [0.29, 0.717) is 42.0 Å². The zero-order valence-corrected chi connectivity index (χ0v) is 21.1. The van der Waals surface area contributed by atoms with Gasteiger partial charge in [0.2, 0.25) is 6.49 Å². The van der Waals surface area contributed by atoms with Gasteiger partial charge in [-0.1, -0.05) is 15.9 Å². The van der Waals surface area contributed by atoms with Crippen molar-refractivity contribution in [1.82, 2.24) is 0 Å². The van der Waals surface area contributed by atoms with E-state index in [-0.39, 0.29) is 0 Å². The van der Waals surface area contributed by atoms with Gasteiger partial charge in [0.25, 0.3) is 0 Å². The van der Waals surface area contributed by atoms with E-state index in [2.05, 4.69) is 31.9 Å². The van der Waals surface area contributed by atoms with Crippen LogP contribution in [0.3, 0.4) is 0 Å². The molecule has 1 rings (SSSR count). The zero-order chi connectivity index (χ0) is 19.1. The van der Waals surface area contributed by atoms with Crippen molar-refractivity contribution in [3.63, 3.8) is 0 Å². The molecular weight excluding hydrogens is 534 g/mol. The van der Waals surface area contributed by atoms with Gasteiger partial charge in [0, 0.05) is 16.3 Å². The monoisotopic (exact) mass is 554 g/mol. The Morgan fingerprint density at radius 2 is 1.32 bits per heavy atom. The topological polar surface area (TPSA) is 46.2 Å². The highest BCUT2D eigenvalue weighted by molar-refractivity contribution is 9.11. The van der Waals surface area contributed by atoms with Crippen LogP contribution in [0.5, 0.6) is 5.75 Å². The summed E-state index contributed by atoms with van der Waals surface area (Å²) >= 11 is 18.2. The molecule has 0 fully saturated rings. The Morgan fingerprint density at radius 3 is 1.76 bits per heavy atom. The molecule has 25 heavy (non-hydrogen) atoms. The van der Waals surface area contributed by atoms with Crippen molar-refractivity contribution in [2.24, 2.45) is 0 Å². The highest BCUT2D eigenvalue weighted by atomic mass is 79.9. The number of benzene rings is 1. The molecular formula is C14H22Br2O5P2S2. The third-order valence-corrected chi connectivity index (χ3v) is 9.46. The standard InChI is InChI=1S/C14H22Br2O5P2S2/c1-5-17-22(24,18-6-2)13-10-11(15)9-12(16)14(13)21-23(25,19-7-3)20-8-4/h9-10H,5-8H2,1-4H3. The highest BCUT2D eigenvalue weighted by Gasteiger charge is 2.32. The molecule has 0 amide bonds. The van der Waals surface area contributed by atoms with Crippen LogP contribution in [0.25, 0.3) is 0 Å². The molecule has 0 aliphatic heterocycles. The Bertz CT molecular complexity index is 655. The summed E-state index contributed by atoms with van der Waals surface area (Å²) < 4.78 is 30.4. The average molecular weight is 556 g/mol. The first-order valence-corrected chi connectivity index (χ1v) is 14.5. The minimum Gasteiger partial charge on any atom is -0.422 e. The summed E-state index contributed by atoms with van der Waals surface area (Å²) in [6.07, 6.45) is 0. The van der Waals surface area contributed by atoms with Crippen molar-refractivity contribution in [2.75, 3.05) is 26.4 Å². The molecule has 0 aliphatic carbocycles. The van der Waals surface area contributed by atoms with E-state index in [1.807, 2.05) is 39.8 Å². The largest absolute Gasteiger partial charge is 0.422 e. The van der Waals surface area contributed by atoms with Crippen LogP contribution < -0.4 is 9.83 Å². The Labute approximate surface area is 176 Å². The molecule has 1 aromatic rings. The maximum absolute atomic E-state index is 6.05. The van der Waals surface area contributed by atoms with Crippen molar-refractivity contribution < 1.29 is 22.6 Å². The predicted octanol–water partition coefficient (Wildman–Crippen LogP) is 5.90. The molecule has 0 spiro atoms. The molecule has 1 aromatic carbocycles. The normalized spacial score (nSPS) is 12.4. The van der Waals surface area contributed by atoms with Gasteiger partial charge in [0.1, 0.15) is 0 Å². The molecule has 0 aromatic heterocycles. The zero-order valence-electron chi connectivity index (χ0n) is 14.5. The van der Waals surface area contributed by atoms with E-state index in [9.17, 15) is 0 Å². The lowest BCUT2D eigenvalue weighted by atomic mass is 10.3. The van der Waals surface area contributed by atoms with Crippen LogP contribution in [0.1, 0.15) is 27.7 Å². The van der Waals surface area contributed by atoms with Crippen LogP contribution in [0, 0.1) is 0 Å². The van der Waals surface area contributed by atoms with Crippen LogP contribution in [-0.4, -0.2) is 26.4 Å². The van der Waals surface area contributed by atoms with E-state index in [1.165, 1.54) is 0 Å². The summed E-state index contributed by atoms with van der Waals surface area (Å²) in [7, 11) is 0. The van der Waals surface area contributed by atoms with Crippen LogP contribution in [0.4, 0.5) is 0 Å². The van der Waals surface area contributed by atoms with Gasteiger partial charge in [0.15, 0.2) is 5.75 Å². The lowest BCUT2D eigenvalue weighted by Gasteiger charge is -2.27. The average Bonchev–Trinajstić information content (AvgIpc) is 2.50. The number of hydrogen-bond donors (Lipinski definition) is 0. The van der Waals surface area contributed by atoms with Gasteiger partial charge in [-0.3, -0.25) is 9.05 Å². The van der Waals surface area contributed by atoms with Gasteiger partial charge < -0.3 is 13.6 Å². The van der Waals surface area contributed by atoms with Crippen molar-refractivity contribution in [3.05, 3.63) is 21.1 Å². The van der Waals surface area contributed by atoms with Gasteiger partial charge in [-0.25, -0.2) is 0 Å². The summed E-state index contributed by atoms with van der Waals surface area (Å²) in [6.45, 7) is 3.28. The van der Waals surface area contributed by atoms with Crippen molar-refractivity contribution in [1.29, 1.82) is 0 Å². The van der Waals surface area contributed by atoms with Gasteiger partial charge in [-0.2, -0.15) is 0 Å². The third-order valence-electron chi connectivity index (χ3n) is 2.66. The van der Waals surface area contributed by atoms with Gasteiger partial charge in [-0.05, 0) is 67.6 Å². The maximum Gasteiger partial charge on any atom is 0.380 e. The molecule has 0 saturated carbocycles. The van der Waals surface area contributed by atoms with E-state index in [0.717, 1.165) is 4.47 Å². The lowest BCUT2D eigenvalue weighted by molar-refractivity contribution is 0.217. The first-order valence-electron chi connectivity index (χ1n) is 7.72. The predicted molar refractivity (Wildman–Crippen MR) is 117 cm³/mol. The molecule has 11 heteroatoms. The van der Waals surface area contributed by atoms with E-state index >= 15 is 0 Å². The quantitative estimate of drug-likeness (QED) is 0.315. The van der Waals surface area contributed by atoms with Crippen molar-refractivity contribution in [2.45, 2.75) is 27.7 Å². The fraction of sp³-hybridized carbons (Fsp3) is 0.571. The fourth-order valence-corrected chi connectivity index (χ4v) is 8.58. The summed E-state index contributed by atoms with van der Waals surface area (Å²) in [4.78, 5) is 0. The molecule has 0 N–H and O–H groups in total. The molecule has 0 unspecified atom stereocenters. The third kappa shape index (κ3) is 6.90. The lowest BCUT2D eigenvalue weighted by Crippen LogP contribution is -2.15. The fourth-order valence-electron chi connectivity index (χ4n) is 1.87. The van der Waals surface area contributed by atoms with Crippen LogP contribution in [0.2, 0.25) is 0 Å². The Kier molecular flexibility index (Phi) is 10.8. The molecule has 144 valence electrons.